The summed E-state index contributed by atoms with van der Waals surface area (Å²) >= 11 is 0. The molecule has 5 atom stereocenters. The number of carbonyl (C=O) groups excluding carboxylic acids is 1. The number of hydrogen-bond donors (Lipinski definition) is 5. The van der Waals surface area contributed by atoms with Gasteiger partial charge in [0.2, 0.25) is 0 Å². The van der Waals surface area contributed by atoms with Gasteiger partial charge in [-0.3, -0.25) is 4.79 Å². The number of Topliss-reactive ketones (excluding diaryl/α,β-unsaturated/α-hetero) is 1. The molecule has 9 nitrogen and oxygen atoms in total. The molecule has 0 aliphatic carbocycles. The van der Waals surface area contributed by atoms with Crippen molar-refractivity contribution in [1.29, 1.82) is 0 Å². The largest absolute Gasteiger partial charge is 0.423 e. The van der Waals surface area contributed by atoms with Gasteiger partial charge in [-0.1, -0.05) is 0 Å². The van der Waals surface area contributed by atoms with Gasteiger partial charge < -0.3 is 34.9 Å². The zero-order valence-corrected chi connectivity index (χ0v) is 13.8. The van der Waals surface area contributed by atoms with Gasteiger partial charge in [-0.2, -0.15) is 0 Å². The molecule has 1 aliphatic rings. The number of hydrogen-bond acceptors (Lipinski definition) is 9. The number of aliphatic hydroxyl groups excluding tert-OH is 4. The third kappa shape index (κ3) is 3.35. The first-order valence-electron chi connectivity index (χ1n) is 7.97. The molecule has 26 heavy (non-hydrogen) atoms. The smallest absolute Gasteiger partial charge is 0.336 e. The van der Waals surface area contributed by atoms with Gasteiger partial charge in [-0.15, -0.1) is 0 Å². The van der Waals surface area contributed by atoms with Gasteiger partial charge in [-0.05, 0) is 19.1 Å². The summed E-state index contributed by atoms with van der Waals surface area (Å²) in [6.07, 6.45) is -5.41. The molecule has 2 heterocycles. The number of ketones is 1. The van der Waals surface area contributed by atoms with Crippen LogP contribution in [0.1, 0.15) is 17.3 Å². The normalized spacial score (nSPS) is 28.9. The summed E-state index contributed by atoms with van der Waals surface area (Å²) in [5.74, 6) is -0.284. The lowest BCUT2D eigenvalue weighted by molar-refractivity contribution is -0.245. The van der Waals surface area contributed by atoms with Crippen LogP contribution in [-0.2, 0) is 4.74 Å². The molecule has 0 spiro atoms. The van der Waals surface area contributed by atoms with Crippen molar-refractivity contribution in [2.75, 3.05) is 11.9 Å². The maximum atomic E-state index is 11.7. The molecule has 1 saturated heterocycles. The van der Waals surface area contributed by atoms with Crippen molar-refractivity contribution < 1.29 is 34.4 Å². The van der Waals surface area contributed by atoms with E-state index >= 15 is 0 Å². The van der Waals surface area contributed by atoms with Gasteiger partial charge in [0.05, 0.1) is 6.61 Å². The van der Waals surface area contributed by atoms with Crippen LogP contribution in [-0.4, -0.2) is 63.5 Å². The van der Waals surface area contributed by atoms with Gasteiger partial charge in [0.15, 0.2) is 12.1 Å². The van der Waals surface area contributed by atoms with Gasteiger partial charge in [0.1, 0.15) is 29.9 Å². The van der Waals surface area contributed by atoms with E-state index in [1.54, 1.807) is 12.1 Å². The second-order valence-electron chi connectivity index (χ2n) is 6.15. The Balaban J connectivity index is 1.92. The van der Waals surface area contributed by atoms with Crippen molar-refractivity contribution in [3.63, 3.8) is 0 Å². The third-order valence-electron chi connectivity index (χ3n) is 4.36. The Morgan fingerprint density at radius 3 is 2.58 bits per heavy atom. The summed E-state index contributed by atoms with van der Waals surface area (Å²) in [6.45, 7) is 0.780. The molecule has 1 aromatic carbocycles. The molecule has 1 aromatic heterocycles. The van der Waals surface area contributed by atoms with Crippen LogP contribution in [0.15, 0.2) is 33.5 Å². The Kier molecular flexibility index (Phi) is 5.08. The van der Waals surface area contributed by atoms with Crippen molar-refractivity contribution >= 4 is 22.4 Å². The molecule has 3 unspecified atom stereocenters. The maximum Gasteiger partial charge on any atom is 0.336 e. The molecule has 1 aliphatic heterocycles. The summed E-state index contributed by atoms with van der Waals surface area (Å²) in [7, 11) is 0. The van der Waals surface area contributed by atoms with E-state index in [-0.39, 0.29) is 16.9 Å². The standard InChI is InChI=1S/C17H19NO8/c1-7(20)10-5-13(21)25-11-4-8(2-3-9(10)11)18-14-16(23)15(22)12(6-19)26-17(14)24/h2-5,12,14-19,22-24H,6H2,1H3/t12?,14?,15-,16-,17?/m1/s1. The Labute approximate surface area is 147 Å². The van der Waals surface area contributed by atoms with Crippen LogP contribution in [0.25, 0.3) is 11.0 Å². The fourth-order valence-electron chi connectivity index (χ4n) is 2.99. The second-order valence-corrected chi connectivity index (χ2v) is 6.15. The topological polar surface area (TPSA) is 149 Å². The minimum Gasteiger partial charge on any atom is -0.423 e. The van der Waals surface area contributed by atoms with Crippen LogP contribution < -0.4 is 10.9 Å². The number of aliphatic hydroxyl groups is 4. The number of fused-ring (bicyclic) bond motifs is 1. The highest BCUT2D eigenvalue weighted by atomic mass is 16.6. The van der Waals surface area contributed by atoms with Gasteiger partial charge in [0.25, 0.3) is 0 Å². The van der Waals surface area contributed by atoms with Crippen LogP contribution in [0.2, 0.25) is 0 Å². The van der Waals surface area contributed by atoms with Crippen molar-refractivity contribution in [3.8, 4) is 0 Å². The first kappa shape index (κ1) is 18.5. The molecule has 0 bridgehead atoms. The quantitative estimate of drug-likeness (QED) is 0.347. The average Bonchev–Trinajstić information content (AvgIpc) is 2.60. The van der Waals surface area contributed by atoms with Crippen LogP contribution in [0.5, 0.6) is 0 Å². The van der Waals surface area contributed by atoms with E-state index in [9.17, 15) is 24.9 Å². The van der Waals surface area contributed by atoms with Crippen molar-refractivity contribution in [1.82, 2.24) is 0 Å². The summed E-state index contributed by atoms with van der Waals surface area (Å²) in [6, 6.07) is 4.59. The van der Waals surface area contributed by atoms with Gasteiger partial charge in [-0.25, -0.2) is 4.79 Å². The fraction of sp³-hybridized carbons (Fsp3) is 0.412. The molecule has 0 saturated carbocycles. The Hall–Kier alpha value is -2.30. The monoisotopic (exact) mass is 365 g/mol. The van der Waals surface area contributed by atoms with E-state index in [2.05, 4.69) is 5.32 Å². The van der Waals surface area contributed by atoms with Crippen LogP contribution in [0.3, 0.4) is 0 Å². The molecule has 9 heteroatoms. The SMILES string of the molecule is CC(=O)c1cc(=O)oc2cc(NC3C(O)OC(CO)[C@@H](O)[C@@H]3O)ccc12. The predicted octanol–water partition coefficient (Wildman–Crippen LogP) is -0.793. The highest BCUT2D eigenvalue weighted by molar-refractivity contribution is 6.05. The van der Waals surface area contributed by atoms with E-state index < -0.39 is 42.9 Å². The summed E-state index contributed by atoms with van der Waals surface area (Å²) in [5, 5.41) is 42.4. The van der Waals surface area contributed by atoms with Crippen LogP contribution in [0, 0.1) is 0 Å². The fourth-order valence-corrected chi connectivity index (χ4v) is 2.99. The molecule has 3 rings (SSSR count). The number of nitrogens with one attached hydrogen (secondary N) is 1. The minimum absolute atomic E-state index is 0.155. The van der Waals surface area contributed by atoms with E-state index in [0.29, 0.717) is 11.1 Å². The molecule has 1 fully saturated rings. The van der Waals surface area contributed by atoms with Crippen molar-refractivity contribution in [2.24, 2.45) is 0 Å². The predicted molar refractivity (Wildman–Crippen MR) is 89.9 cm³/mol. The van der Waals surface area contributed by atoms with E-state index in [1.165, 1.54) is 13.0 Å². The van der Waals surface area contributed by atoms with Crippen molar-refractivity contribution in [2.45, 2.75) is 37.6 Å². The van der Waals surface area contributed by atoms with E-state index in [4.69, 9.17) is 14.3 Å². The summed E-state index contributed by atoms with van der Waals surface area (Å²) < 4.78 is 10.2. The van der Waals surface area contributed by atoms with Crippen molar-refractivity contribution in [3.05, 3.63) is 40.2 Å². The molecular formula is C17H19NO8. The Morgan fingerprint density at radius 2 is 1.92 bits per heavy atom. The molecular weight excluding hydrogens is 346 g/mol. The minimum atomic E-state index is -1.49. The lowest BCUT2D eigenvalue weighted by Gasteiger charge is -2.40. The highest BCUT2D eigenvalue weighted by Crippen LogP contribution is 2.26. The van der Waals surface area contributed by atoms with E-state index in [1.807, 2.05) is 0 Å². The first-order chi connectivity index (χ1) is 12.3. The van der Waals surface area contributed by atoms with E-state index in [0.717, 1.165) is 6.07 Å². The molecule has 0 radical (unpaired) electrons. The molecule has 0 amide bonds. The zero-order valence-electron chi connectivity index (χ0n) is 13.8. The number of benzene rings is 1. The summed E-state index contributed by atoms with van der Waals surface area (Å²) in [4.78, 5) is 23.3. The number of carbonyl (C=O) groups is 1. The Morgan fingerprint density at radius 1 is 1.19 bits per heavy atom. The first-order valence-corrected chi connectivity index (χ1v) is 7.97. The Bertz CT molecular complexity index is 879. The summed E-state index contributed by atoms with van der Waals surface area (Å²) in [5.41, 5.74) is 0.0668. The lowest BCUT2D eigenvalue weighted by atomic mass is 9.96. The molecule has 140 valence electrons. The lowest BCUT2D eigenvalue weighted by Crippen LogP contribution is -2.61. The maximum absolute atomic E-state index is 11.7. The number of rotatable bonds is 4. The van der Waals surface area contributed by atoms with Crippen LogP contribution in [0.4, 0.5) is 5.69 Å². The number of anilines is 1. The highest BCUT2D eigenvalue weighted by Gasteiger charge is 2.43. The number of ether oxygens (including phenoxy) is 1. The van der Waals surface area contributed by atoms with Crippen LogP contribution >= 0.6 is 0 Å². The van der Waals surface area contributed by atoms with Gasteiger partial charge in [0, 0.05) is 28.8 Å². The second kappa shape index (κ2) is 7.14. The van der Waals surface area contributed by atoms with Gasteiger partial charge >= 0.3 is 5.63 Å². The zero-order chi connectivity index (χ0) is 19.0. The average molecular weight is 365 g/mol. The third-order valence-corrected chi connectivity index (χ3v) is 4.36. The molecule has 2 aromatic rings. The molecule has 5 N–H and O–H groups in total.